The van der Waals surface area contributed by atoms with Crippen LogP contribution in [-0.2, 0) is 20.9 Å². The van der Waals surface area contributed by atoms with Crippen LogP contribution < -0.4 is 10.6 Å². The van der Waals surface area contributed by atoms with Crippen LogP contribution in [0, 0.1) is 0 Å². The fourth-order valence-corrected chi connectivity index (χ4v) is 4.88. The number of carbonyl (C=O) groups is 2. The predicted octanol–water partition coefficient (Wildman–Crippen LogP) is 3.16. The largest absolute Gasteiger partial charge is 0.374 e. The standard InChI is InChI=1S/C22H24ClN3O3S/c23-16-6-7-19-18(10-16)25-22(28)20(30-19)11-21(27)24-12-17-14-26(8-9-29-17)13-15-4-2-1-3-5-15/h1-7,10,17,20H,8-9,11-14H2,(H,24,27)(H,25,28). The Bertz CT molecular complexity index is 912. The van der Waals surface area contributed by atoms with Crippen LogP contribution in [-0.4, -0.2) is 54.3 Å². The summed E-state index contributed by atoms with van der Waals surface area (Å²) in [6.45, 7) is 3.60. The van der Waals surface area contributed by atoms with Crippen molar-refractivity contribution in [3.8, 4) is 0 Å². The van der Waals surface area contributed by atoms with Crippen LogP contribution in [0.5, 0.6) is 0 Å². The Balaban J connectivity index is 1.24. The molecule has 1 fully saturated rings. The van der Waals surface area contributed by atoms with E-state index in [4.69, 9.17) is 16.3 Å². The average Bonchev–Trinajstić information content (AvgIpc) is 2.74. The smallest absolute Gasteiger partial charge is 0.238 e. The maximum absolute atomic E-state index is 12.4. The van der Waals surface area contributed by atoms with Gasteiger partial charge in [-0.2, -0.15) is 0 Å². The molecule has 158 valence electrons. The second kappa shape index (κ2) is 9.83. The molecule has 0 radical (unpaired) electrons. The van der Waals surface area contributed by atoms with Gasteiger partial charge in [-0.05, 0) is 23.8 Å². The van der Waals surface area contributed by atoms with Gasteiger partial charge < -0.3 is 15.4 Å². The summed E-state index contributed by atoms with van der Waals surface area (Å²) in [6.07, 6.45) is 0.0704. The van der Waals surface area contributed by atoms with Crippen LogP contribution in [0.25, 0.3) is 0 Å². The molecule has 4 rings (SSSR count). The van der Waals surface area contributed by atoms with Gasteiger partial charge in [-0.1, -0.05) is 41.9 Å². The highest BCUT2D eigenvalue weighted by atomic mass is 35.5. The molecule has 0 spiro atoms. The van der Waals surface area contributed by atoms with Gasteiger partial charge in [0.05, 0.1) is 23.6 Å². The number of hydrogen-bond donors (Lipinski definition) is 2. The van der Waals surface area contributed by atoms with Gasteiger partial charge in [-0.25, -0.2) is 0 Å². The Morgan fingerprint density at radius 1 is 1.27 bits per heavy atom. The van der Waals surface area contributed by atoms with E-state index < -0.39 is 5.25 Å². The summed E-state index contributed by atoms with van der Waals surface area (Å²) >= 11 is 7.37. The Hall–Kier alpha value is -2.06. The molecule has 2 heterocycles. The lowest BCUT2D eigenvalue weighted by Gasteiger charge is -2.33. The summed E-state index contributed by atoms with van der Waals surface area (Å²) in [4.78, 5) is 28.0. The van der Waals surface area contributed by atoms with E-state index in [1.807, 2.05) is 24.3 Å². The van der Waals surface area contributed by atoms with E-state index in [-0.39, 0.29) is 24.3 Å². The summed E-state index contributed by atoms with van der Waals surface area (Å²) in [7, 11) is 0. The second-order valence-electron chi connectivity index (χ2n) is 7.46. The first-order chi connectivity index (χ1) is 14.6. The van der Waals surface area contributed by atoms with E-state index in [1.54, 1.807) is 12.1 Å². The molecule has 2 unspecified atom stereocenters. The Morgan fingerprint density at radius 2 is 2.10 bits per heavy atom. The molecular formula is C22H24ClN3O3S. The van der Waals surface area contributed by atoms with E-state index in [0.29, 0.717) is 23.9 Å². The second-order valence-corrected chi connectivity index (χ2v) is 9.14. The number of anilines is 1. The molecule has 0 saturated carbocycles. The van der Waals surface area contributed by atoms with Gasteiger partial charge in [0, 0.05) is 42.5 Å². The number of benzene rings is 2. The van der Waals surface area contributed by atoms with E-state index in [1.165, 1.54) is 17.3 Å². The molecule has 0 aliphatic carbocycles. The summed E-state index contributed by atoms with van der Waals surface area (Å²) in [6, 6.07) is 15.7. The third-order valence-electron chi connectivity index (χ3n) is 5.13. The van der Waals surface area contributed by atoms with Crippen LogP contribution in [0.4, 0.5) is 5.69 Å². The van der Waals surface area contributed by atoms with E-state index in [9.17, 15) is 9.59 Å². The quantitative estimate of drug-likeness (QED) is 0.714. The van der Waals surface area contributed by atoms with E-state index >= 15 is 0 Å². The summed E-state index contributed by atoms with van der Waals surface area (Å²) in [5.41, 5.74) is 1.97. The molecule has 2 aromatic rings. The van der Waals surface area contributed by atoms with Gasteiger partial charge in [0.15, 0.2) is 0 Å². The number of ether oxygens (including phenoxy) is 1. The molecule has 2 aliphatic rings. The molecule has 2 amide bonds. The van der Waals surface area contributed by atoms with Crippen LogP contribution in [0.1, 0.15) is 12.0 Å². The summed E-state index contributed by atoms with van der Waals surface area (Å²) in [5, 5.41) is 5.88. The molecule has 6 nitrogen and oxygen atoms in total. The zero-order valence-electron chi connectivity index (χ0n) is 16.5. The number of rotatable bonds is 6. The van der Waals surface area contributed by atoms with Crippen molar-refractivity contribution in [3.05, 3.63) is 59.1 Å². The molecule has 2 aliphatic heterocycles. The lowest BCUT2D eigenvalue weighted by molar-refractivity contribution is -0.124. The Morgan fingerprint density at radius 3 is 2.93 bits per heavy atom. The zero-order chi connectivity index (χ0) is 20.9. The number of halogens is 1. The number of amides is 2. The van der Waals surface area contributed by atoms with Crippen molar-refractivity contribution in [1.29, 1.82) is 0 Å². The first-order valence-electron chi connectivity index (χ1n) is 9.98. The minimum Gasteiger partial charge on any atom is -0.374 e. The van der Waals surface area contributed by atoms with Crippen molar-refractivity contribution in [1.82, 2.24) is 10.2 Å². The fourth-order valence-electron chi connectivity index (χ4n) is 3.61. The van der Waals surface area contributed by atoms with E-state index in [2.05, 4.69) is 27.7 Å². The molecule has 2 N–H and O–H groups in total. The third kappa shape index (κ3) is 5.55. The monoisotopic (exact) mass is 445 g/mol. The highest BCUT2D eigenvalue weighted by Crippen LogP contribution is 2.38. The number of morpholine rings is 1. The molecule has 1 saturated heterocycles. The highest BCUT2D eigenvalue weighted by Gasteiger charge is 2.29. The van der Waals surface area contributed by atoms with Gasteiger partial charge in [0.2, 0.25) is 11.8 Å². The van der Waals surface area contributed by atoms with Crippen LogP contribution >= 0.6 is 23.4 Å². The minimum atomic E-state index is -0.458. The minimum absolute atomic E-state index is 0.0536. The van der Waals surface area contributed by atoms with Crippen molar-refractivity contribution >= 4 is 40.9 Å². The zero-order valence-corrected chi connectivity index (χ0v) is 18.0. The van der Waals surface area contributed by atoms with Crippen LogP contribution in [0.3, 0.4) is 0 Å². The first kappa shape index (κ1) is 21.2. The lowest BCUT2D eigenvalue weighted by Crippen LogP contribution is -2.47. The normalized spacial score (nSPS) is 21.6. The van der Waals surface area contributed by atoms with Gasteiger partial charge in [-0.3, -0.25) is 14.5 Å². The van der Waals surface area contributed by atoms with Crippen molar-refractivity contribution < 1.29 is 14.3 Å². The number of carbonyl (C=O) groups excluding carboxylic acids is 2. The predicted molar refractivity (Wildman–Crippen MR) is 119 cm³/mol. The molecule has 8 heteroatoms. The number of fused-ring (bicyclic) bond motifs is 1. The maximum atomic E-state index is 12.4. The average molecular weight is 446 g/mol. The molecule has 2 aromatic carbocycles. The molecule has 0 aromatic heterocycles. The van der Waals surface area contributed by atoms with Crippen molar-refractivity contribution in [2.24, 2.45) is 0 Å². The molecule has 2 atom stereocenters. The molecular weight excluding hydrogens is 422 g/mol. The van der Waals surface area contributed by atoms with Gasteiger partial charge in [0.1, 0.15) is 0 Å². The topological polar surface area (TPSA) is 70.7 Å². The lowest BCUT2D eigenvalue weighted by atomic mass is 10.2. The SMILES string of the molecule is O=C(CC1Sc2ccc(Cl)cc2NC1=O)NCC1CN(Cc2ccccc2)CCO1. The van der Waals surface area contributed by atoms with Crippen molar-refractivity contribution in [2.75, 3.05) is 31.6 Å². The first-order valence-corrected chi connectivity index (χ1v) is 11.2. The third-order valence-corrected chi connectivity index (χ3v) is 6.64. The van der Waals surface area contributed by atoms with Crippen LogP contribution in [0.15, 0.2) is 53.4 Å². The number of hydrogen-bond acceptors (Lipinski definition) is 5. The Kier molecular flexibility index (Phi) is 6.94. The number of nitrogens with one attached hydrogen (secondary N) is 2. The van der Waals surface area contributed by atoms with Crippen molar-refractivity contribution in [3.63, 3.8) is 0 Å². The summed E-state index contributed by atoms with van der Waals surface area (Å²) in [5.74, 6) is -0.322. The molecule has 0 bridgehead atoms. The van der Waals surface area contributed by atoms with Crippen molar-refractivity contribution in [2.45, 2.75) is 29.2 Å². The number of thioether (sulfide) groups is 1. The van der Waals surface area contributed by atoms with Gasteiger partial charge in [-0.15, -0.1) is 11.8 Å². The highest BCUT2D eigenvalue weighted by molar-refractivity contribution is 8.01. The maximum Gasteiger partial charge on any atom is 0.238 e. The fraction of sp³-hybridized carbons (Fsp3) is 0.364. The van der Waals surface area contributed by atoms with Gasteiger partial charge in [0.25, 0.3) is 0 Å². The summed E-state index contributed by atoms with van der Waals surface area (Å²) < 4.78 is 5.81. The molecule has 30 heavy (non-hydrogen) atoms. The van der Waals surface area contributed by atoms with E-state index in [0.717, 1.165) is 24.5 Å². The Labute approximate surface area is 185 Å². The van der Waals surface area contributed by atoms with Crippen LogP contribution in [0.2, 0.25) is 5.02 Å². The van der Waals surface area contributed by atoms with Gasteiger partial charge >= 0.3 is 0 Å². The number of nitrogens with zero attached hydrogens (tertiary/aromatic N) is 1.